The van der Waals surface area contributed by atoms with Gasteiger partial charge in [0.15, 0.2) is 5.82 Å². The van der Waals surface area contributed by atoms with Crippen molar-refractivity contribution >= 4 is 5.82 Å². The van der Waals surface area contributed by atoms with E-state index in [-0.39, 0.29) is 36.3 Å². The summed E-state index contributed by atoms with van der Waals surface area (Å²) >= 11 is 0. The number of anilines is 1. The minimum absolute atomic E-state index is 0.0519. The highest BCUT2D eigenvalue weighted by atomic mass is 19.3. The monoisotopic (exact) mass is 339 g/mol. The second-order valence-electron chi connectivity index (χ2n) is 6.37. The zero-order valence-electron chi connectivity index (χ0n) is 13.9. The van der Waals surface area contributed by atoms with Gasteiger partial charge in [-0.05, 0) is 33.6 Å². The number of aryl methyl sites for hydroxylation is 2. The smallest absolute Gasteiger partial charge is 0.253 e. The molecule has 1 fully saturated rings. The third-order valence-electron chi connectivity index (χ3n) is 4.30. The fourth-order valence-corrected chi connectivity index (χ4v) is 2.93. The first-order valence-corrected chi connectivity index (χ1v) is 7.97. The molecule has 3 rings (SSSR count). The second-order valence-corrected chi connectivity index (χ2v) is 6.37. The van der Waals surface area contributed by atoms with E-state index in [1.165, 1.54) is 4.68 Å². The molecule has 2 aromatic rings. The van der Waals surface area contributed by atoms with Crippen LogP contribution in [0.2, 0.25) is 0 Å². The number of nitrogens with zero attached hydrogens (tertiary/aromatic N) is 4. The minimum atomic E-state index is -2.56. The van der Waals surface area contributed by atoms with E-state index in [0.29, 0.717) is 30.0 Å². The van der Waals surface area contributed by atoms with E-state index < -0.39 is 5.92 Å². The summed E-state index contributed by atoms with van der Waals surface area (Å²) in [4.78, 5) is 8.67. The topological polar surface area (TPSA) is 55.6 Å². The summed E-state index contributed by atoms with van der Waals surface area (Å²) in [5.74, 6) is -2.14. The second kappa shape index (κ2) is 6.07. The average molecular weight is 339 g/mol. The molecule has 1 aliphatic carbocycles. The van der Waals surface area contributed by atoms with Crippen LogP contribution in [0.4, 0.5) is 19.0 Å². The van der Waals surface area contributed by atoms with Crippen molar-refractivity contribution in [3.63, 3.8) is 0 Å². The van der Waals surface area contributed by atoms with Crippen molar-refractivity contribution in [1.82, 2.24) is 19.7 Å². The molecule has 0 amide bonds. The van der Waals surface area contributed by atoms with Crippen LogP contribution in [0, 0.1) is 26.6 Å². The molecular formula is C16H20F3N5. The zero-order chi connectivity index (χ0) is 17.5. The van der Waals surface area contributed by atoms with E-state index in [9.17, 15) is 13.2 Å². The standard InChI is InChI=1S/C16H20F3N5/c1-9-8-13(21-12-4-6-16(18,19)7-5-12)22-15(20-9)24-11(3)14(17)10(2)23-24/h8,12H,4-7H2,1-3H3,(H,20,21,22). The Morgan fingerprint density at radius 1 is 1.17 bits per heavy atom. The van der Waals surface area contributed by atoms with Crippen LogP contribution in [0.25, 0.3) is 5.95 Å². The van der Waals surface area contributed by atoms with Crippen molar-refractivity contribution in [3.05, 3.63) is 29.0 Å². The Balaban J connectivity index is 1.83. The lowest BCUT2D eigenvalue weighted by Gasteiger charge is -2.29. The van der Waals surface area contributed by atoms with Gasteiger partial charge in [0.05, 0.1) is 11.4 Å². The Labute approximate surface area is 138 Å². The van der Waals surface area contributed by atoms with Crippen molar-refractivity contribution < 1.29 is 13.2 Å². The van der Waals surface area contributed by atoms with Gasteiger partial charge in [-0.2, -0.15) is 14.8 Å². The summed E-state index contributed by atoms with van der Waals surface area (Å²) in [6.07, 6.45) is 0.536. The molecule has 0 bridgehead atoms. The zero-order valence-corrected chi connectivity index (χ0v) is 13.9. The van der Waals surface area contributed by atoms with Gasteiger partial charge in [0.1, 0.15) is 5.82 Å². The summed E-state index contributed by atoms with van der Waals surface area (Å²) < 4.78 is 41.7. The Hall–Kier alpha value is -2.12. The average Bonchev–Trinajstić information content (AvgIpc) is 2.77. The highest BCUT2D eigenvalue weighted by Crippen LogP contribution is 2.34. The summed E-state index contributed by atoms with van der Waals surface area (Å²) in [7, 11) is 0. The molecule has 2 heterocycles. The Morgan fingerprint density at radius 2 is 1.83 bits per heavy atom. The molecule has 0 unspecified atom stereocenters. The van der Waals surface area contributed by atoms with Crippen LogP contribution in [-0.4, -0.2) is 31.7 Å². The largest absolute Gasteiger partial charge is 0.367 e. The number of nitrogens with one attached hydrogen (secondary N) is 1. The molecule has 8 heteroatoms. The molecule has 0 radical (unpaired) electrons. The van der Waals surface area contributed by atoms with Gasteiger partial charge in [-0.15, -0.1) is 0 Å². The molecule has 0 atom stereocenters. The van der Waals surface area contributed by atoms with Gasteiger partial charge in [-0.3, -0.25) is 0 Å². The van der Waals surface area contributed by atoms with E-state index in [0.717, 1.165) is 0 Å². The molecule has 2 aromatic heterocycles. The van der Waals surface area contributed by atoms with Crippen LogP contribution in [0.1, 0.15) is 42.8 Å². The Kier molecular flexibility index (Phi) is 4.23. The molecule has 1 saturated carbocycles. The highest BCUT2D eigenvalue weighted by Gasteiger charge is 2.35. The van der Waals surface area contributed by atoms with Gasteiger partial charge in [-0.1, -0.05) is 0 Å². The van der Waals surface area contributed by atoms with Crippen LogP contribution < -0.4 is 5.32 Å². The molecule has 24 heavy (non-hydrogen) atoms. The lowest BCUT2D eigenvalue weighted by Crippen LogP contribution is -2.32. The van der Waals surface area contributed by atoms with Crippen molar-refractivity contribution in [2.75, 3.05) is 5.32 Å². The van der Waals surface area contributed by atoms with Gasteiger partial charge < -0.3 is 5.32 Å². The van der Waals surface area contributed by atoms with Gasteiger partial charge in [0.25, 0.3) is 5.95 Å². The van der Waals surface area contributed by atoms with E-state index in [1.54, 1.807) is 26.8 Å². The predicted octanol–water partition coefficient (Wildman–Crippen LogP) is 3.72. The fraction of sp³-hybridized carbons (Fsp3) is 0.562. The summed E-state index contributed by atoms with van der Waals surface area (Å²) in [6, 6.07) is 1.70. The SMILES string of the molecule is Cc1cc(NC2CCC(F)(F)CC2)nc(-n2nc(C)c(F)c2C)n1. The molecule has 0 saturated heterocycles. The van der Waals surface area contributed by atoms with Gasteiger partial charge >= 0.3 is 0 Å². The Bertz CT molecular complexity index is 746. The number of rotatable bonds is 3. The lowest BCUT2D eigenvalue weighted by atomic mass is 9.92. The van der Waals surface area contributed by atoms with Crippen LogP contribution in [-0.2, 0) is 0 Å². The quantitative estimate of drug-likeness (QED) is 0.926. The molecule has 1 aliphatic rings. The fourth-order valence-electron chi connectivity index (χ4n) is 2.93. The number of hydrogen-bond acceptors (Lipinski definition) is 4. The highest BCUT2D eigenvalue weighted by molar-refractivity contribution is 5.40. The van der Waals surface area contributed by atoms with Crippen molar-refractivity contribution in [3.8, 4) is 5.95 Å². The normalized spacial score (nSPS) is 17.9. The number of alkyl halides is 2. The summed E-state index contributed by atoms with van der Waals surface area (Å²) in [5, 5.41) is 7.31. The predicted molar refractivity (Wildman–Crippen MR) is 84.1 cm³/mol. The first kappa shape index (κ1) is 16.7. The van der Waals surface area contributed by atoms with Crippen molar-refractivity contribution in [2.24, 2.45) is 0 Å². The molecule has 1 N–H and O–H groups in total. The molecule has 0 aromatic carbocycles. The van der Waals surface area contributed by atoms with Gasteiger partial charge in [0, 0.05) is 30.6 Å². The molecule has 0 spiro atoms. The van der Waals surface area contributed by atoms with E-state index in [4.69, 9.17) is 0 Å². The maximum absolute atomic E-state index is 13.9. The van der Waals surface area contributed by atoms with E-state index in [1.807, 2.05) is 0 Å². The minimum Gasteiger partial charge on any atom is -0.367 e. The van der Waals surface area contributed by atoms with Crippen LogP contribution >= 0.6 is 0 Å². The maximum Gasteiger partial charge on any atom is 0.253 e. The summed E-state index contributed by atoms with van der Waals surface area (Å²) in [5.41, 5.74) is 1.31. The third kappa shape index (κ3) is 3.37. The van der Waals surface area contributed by atoms with Gasteiger partial charge in [0.2, 0.25) is 5.92 Å². The summed E-state index contributed by atoms with van der Waals surface area (Å²) in [6.45, 7) is 4.99. The van der Waals surface area contributed by atoms with Crippen molar-refractivity contribution in [2.45, 2.75) is 58.4 Å². The van der Waals surface area contributed by atoms with Crippen LogP contribution in [0.5, 0.6) is 0 Å². The number of hydrogen-bond donors (Lipinski definition) is 1. The molecular weight excluding hydrogens is 319 g/mol. The molecule has 5 nitrogen and oxygen atoms in total. The Morgan fingerprint density at radius 3 is 2.42 bits per heavy atom. The van der Waals surface area contributed by atoms with Crippen LogP contribution in [0.15, 0.2) is 6.07 Å². The maximum atomic E-state index is 13.9. The molecule has 130 valence electrons. The number of aromatic nitrogens is 4. The van der Waals surface area contributed by atoms with Crippen molar-refractivity contribution in [1.29, 1.82) is 0 Å². The number of halogens is 3. The first-order valence-electron chi connectivity index (χ1n) is 7.97. The first-order chi connectivity index (χ1) is 11.2. The van der Waals surface area contributed by atoms with E-state index in [2.05, 4.69) is 20.4 Å². The van der Waals surface area contributed by atoms with Crippen LogP contribution in [0.3, 0.4) is 0 Å². The lowest BCUT2D eigenvalue weighted by molar-refractivity contribution is -0.0361. The third-order valence-corrected chi connectivity index (χ3v) is 4.30. The molecule has 0 aliphatic heterocycles. The van der Waals surface area contributed by atoms with Gasteiger partial charge in [-0.25, -0.2) is 18.2 Å². The van der Waals surface area contributed by atoms with E-state index >= 15 is 0 Å².